The number of nitrogens with zero attached hydrogens (tertiary/aromatic N) is 4. The van der Waals surface area contributed by atoms with Crippen molar-refractivity contribution in [1.82, 2.24) is 15.1 Å². The topological polar surface area (TPSA) is 49.3 Å². The molecule has 5 nitrogen and oxygen atoms in total. The molecule has 0 bridgehead atoms. The van der Waals surface area contributed by atoms with Gasteiger partial charge in [0.1, 0.15) is 0 Å². The van der Waals surface area contributed by atoms with Gasteiger partial charge in [-0.15, -0.1) is 10.2 Å². The average Bonchev–Trinajstić information content (AvgIpc) is 2.48. The van der Waals surface area contributed by atoms with Crippen LogP contribution in [0.1, 0.15) is 51.0 Å². The van der Waals surface area contributed by atoms with Crippen LogP contribution in [0.2, 0.25) is 0 Å². The van der Waals surface area contributed by atoms with E-state index in [1.807, 2.05) is 11.0 Å². The van der Waals surface area contributed by atoms with E-state index in [2.05, 4.69) is 42.8 Å². The second kappa shape index (κ2) is 8.51. The third-order valence-corrected chi connectivity index (χ3v) is 3.23. The molecule has 0 aliphatic carbocycles. The lowest BCUT2D eigenvalue weighted by Crippen LogP contribution is -2.33. The number of anilines is 1. The Labute approximate surface area is 122 Å². The summed E-state index contributed by atoms with van der Waals surface area (Å²) in [5, 5.41) is 8.27. The molecule has 0 saturated heterocycles. The molecule has 1 aromatic heterocycles. The Bertz CT molecular complexity index is 395. The van der Waals surface area contributed by atoms with Gasteiger partial charge in [-0.05, 0) is 38.8 Å². The zero-order chi connectivity index (χ0) is 15.0. The van der Waals surface area contributed by atoms with E-state index in [1.165, 1.54) is 0 Å². The van der Waals surface area contributed by atoms with Gasteiger partial charge in [-0.3, -0.25) is 4.79 Å². The number of amides is 1. The molecule has 5 heteroatoms. The van der Waals surface area contributed by atoms with Crippen molar-refractivity contribution < 1.29 is 4.79 Å². The maximum absolute atomic E-state index is 12.4. The third kappa shape index (κ3) is 4.18. The van der Waals surface area contributed by atoms with Gasteiger partial charge < -0.3 is 9.80 Å². The summed E-state index contributed by atoms with van der Waals surface area (Å²) in [4.78, 5) is 16.3. The van der Waals surface area contributed by atoms with Crippen LogP contribution in [0.4, 0.5) is 5.82 Å². The molecule has 0 spiro atoms. The van der Waals surface area contributed by atoms with Gasteiger partial charge in [0.2, 0.25) is 0 Å². The first-order chi connectivity index (χ1) is 9.67. The van der Waals surface area contributed by atoms with Crippen LogP contribution >= 0.6 is 0 Å². The van der Waals surface area contributed by atoms with Gasteiger partial charge in [-0.25, -0.2) is 0 Å². The van der Waals surface area contributed by atoms with Gasteiger partial charge in [0.15, 0.2) is 11.5 Å². The van der Waals surface area contributed by atoms with E-state index in [0.717, 1.165) is 44.8 Å². The Kier molecular flexibility index (Phi) is 6.98. The van der Waals surface area contributed by atoms with Crippen molar-refractivity contribution in [2.45, 2.75) is 40.5 Å². The van der Waals surface area contributed by atoms with Crippen LogP contribution in [-0.4, -0.2) is 47.2 Å². The summed E-state index contributed by atoms with van der Waals surface area (Å²) in [5.74, 6) is 0.802. The normalized spacial score (nSPS) is 10.4. The summed E-state index contributed by atoms with van der Waals surface area (Å²) in [6.07, 6.45) is 1.91. The molecule has 1 amide bonds. The second-order valence-electron chi connectivity index (χ2n) is 4.74. The minimum Gasteiger partial charge on any atom is -0.356 e. The zero-order valence-corrected chi connectivity index (χ0v) is 13.1. The lowest BCUT2D eigenvalue weighted by atomic mass is 10.3. The highest BCUT2D eigenvalue weighted by Gasteiger charge is 2.16. The summed E-state index contributed by atoms with van der Waals surface area (Å²) >= 11 is 0. The van der Waals surface area contributed by atoms with Crippen LogP contribution in [0.3, 0.4) is 0 Å². The maximum atomic E-state index is 12.4. The first-order valence-corrected chi connectivity index (χ1v) is 7.55. The standard InChI is InChI=1S/C15H26N4O/c1-5-11-19(12-6-2)15(20)13-9-10-14(17-16-13)18(7-3)8-4/h9-10H,5-8,11-12H2,1-4H3. The Morgan fingerprint density at radius 1 is 1.00 bits per heavy atom. The molecule has 0 aliphatic rings. The predicted molar refractivity (Wildman–Crippen MR) is 82.1 cm³/mol. The van der Waals surface area contributed by atoms with Crippen molar-refractivity contribution in [3.05, 3.63) is 17.8 Å². The molecule has 0 saturated carbocycles. The smallest absolute Gasteiger partial charge is 0.274 e. The van der Waals surface area contributed by atoms with Crippen LogP contribution in [0, 0.1) is 0 Å². The minimum absolute atomic E-state index is 0.0210. The molecule has 0 atom stereocenters. The van der Waals surface area contributed by atoms with Crippen molar-refractivity contribution in [3.8, 4) is 0 Å². The van der Waals surface area contributed by atoms with Crippen molar-refractivity contribution in [2.24, 2.45) is 0 Å². The van der Waals surface area contributed by atoms with Gasteiger partial charge in [0.25, 0.3) is 5.91 Å². The molecular weight excluding hydrogens is 252 g/mol. The van der Waals surface area contributed by atoms with E-state index >= 15 is 0 Å². The molecular formula is C15H26N4O. The molecule has 112 valence electrons. The highest BCUT2D eigenvalue weighted by atomic mass is 16.2. The van der Waals surface area contributed by atoms with Crippen LogP contribution in [0.25, 0.3) is 0 Å². The van der Waals surface area contributed by atoms with Crippen molar-refractivity contribution in [1.29, 1.82) is 0 Å². The number of rotatable bonds is 8. The molecule has 1 aromatic rings. The van der Waals surface area contributed by atoms with Gasteiger partial charge in [0.05, 0.1) is 0 Å². The number of aromatic nitrogens is 2. The van der Waals surface area contributed by atoms with Crippen LogP contribution in [0.5, 0.6) is 0 Å². The van der Waals surface area contributed by atoms with Crippen molar-refractivity contribution in [2.75, 3.05) is 31.1 Å². The van der Waals surface area contributed by atoms with Gasteiger partial charge in [0, 0.05) is 26.2 Å². The van der Waals surface area contributed by atoms with E-state index in [4.69, 9.17) is 0 Å². The molecule has 0 unspecified atom stereocenters. The summed E-state index contributed by atoms with van der Waals surface area (Å²) in [5.41, 5.74) is 0.433. The molecule has 1 heterocycles. The highest BCUT2D eigenvalue weighted by Crippen LogP contribution is 2.10. The summed E-state index contributed by atoms with van der Waals surface area (Å²) in [7, 11) is 0. The van der Waals surface area contributed by atoms with Gasteiger partial charge in [-0.1, -0.05) is 13.8 Å². The Hall–Kier alpha value is -1.65. The van der Waals surface area contributed by atoms with Crippen molar-refractivity contribution >= 4 is 11.7 Å². The Morgan fingerprint density at radius 2 is 1.60 bits per heavy atom. The van der Waals surface area contributed by atoms with Crippen LogP contribution in [0.15, 0.2) is 12.1 Å². The SMILES string of the molecule is CCCN(CCC)C(=O)c1ccc(N(CC)CC)nn1. The van der Waals surface area contributed by atoms with Gasteiger partial charge in [-0.2, -0.15) is 0 Å². The van der Waals surface area contributed by atoms with Crippen LogP contribution < -0.4 is 4.90 Å². The first kappa shape index (κ1) is 16.4. The molecule has 1 rings (SSSR count). The number of hydrogen-bond donors (Lipinski definition) is 0. The summed E-state index contributed by atoms with van der Waals surface area (Å²) in [6, 6.07) is 3.66. The van der Waals surface area contributed by atoms with Crippen LogP contribution in [-0.2, 0) is 0 Å². The lowest BCUT2D eigenvalue weighted by molar-refractivity contribution is 0.0748. The number of carbonyl (C=O) groups is 1. The first-order valence-electron chi connectivity index (χ1n) is 7.55. The summed E-state index contributed by atoms with van der Waals surface area (Å²) < 4.78 is 0. The second-order valence-corrected chi connectivity index (χ2v) is 4.74. The predicted octanol–water partition coefficient (Wildman–Crippen LogP) is 2.59. The lowest BCUT2D eigenvalue weighted by Gasteiger charge is -2.22. The van der Waals surface area contributed by atoms with E-state index in [9.17, 15) is 4.79 Å². The van der Waals surface area contributed by atoms with Gasteiger partial charge >= 0.3 is 0 Å². The fourth-order valence-corrected chi connectivity index (χ4v) is 2.17. The molecule has 0 radical (unpaired) electrons. The zero-order valence-electron chi connectivity index (χ0n) is 13.1. The van der Waals surface area contributed by atoms with E-state index in [1.54, 1.807) is 6.07 Å². The van der Waals surface area contributed by atoms with Crippen molar-refractivity contribution in [3.63, 3.8) is 0 Å². The largest absolute Gasteiger partial charge is 0.356 e. The quantitative estimate of drug-likeness (QED) is 0.733. The molecule has 0 aliphatic heterocycles. The molecule has 0 fully saturated rings. The number of hydrogen-bond acceptors (Lipinski definition) is 4. The third-order valence-electron chi connectivity index (χ3n) is 3.23. The van der Waals surface area contributed by atoms with E-state index in [0.29, 0.717) is 5.69 Å². The molecule has 0 aromatic carbocycles. The monoisotopic (exact) mass is 278 g/mol. The number of carbonyl (C=O) groups excluding carboxylic acids is 1. The Morgan fingerprint density at radius 3 is 2.00 bits per heavy atom. The van der Waals surface area contributed by atoms with E-state index < -0.39 is 0 Å². The summed E-state index contributed by atoms with van der Waals surface area (Å²) in [6.45, 7) is 11.6. The average molecular weight is 278 g/mol. The minimum atomic E-state index is -0.0210. The maximum Gasteiger partial charge on any atom is 0.274 e. The Balaban J connectivity index is 2.83. The molecule has 20 heavy (non-hydrogen) atoms. The molecule has 0 N–H and O–H groups in total. The van der Waals surface area contributed by atoms with E-state index in [-0.39, 0.29) is 5.91 Å². The fourth-order valence-electron chi connectivity index (χ4n) is 2.17. The highest BCUT2D eigenvalue weighted by molar-refractivity contribution is 5.92. The fraction of sp³-hybridized carbons (Fsp3) is 0.667.